The molecule has 0 aromatic heterocycles. The Morgan fingerprint density at radius 1 is 1.08 bits per heavy atom. The molecule has 13 heavy (non-hydrogen) atoms. The first-order valence-electron chi connectivity index (χ1n) is 5.98. The van der Waals surface area contributed by atoms with Gasteiger partial charge in [0.1, 0.15) is 0 Å². The maximum absolute atomic E-state index is 2.34. The van der Waals surface area contributed by atoms with Gasteiger partial charge in [0, 0.05) is 0 Å². The van der Waals surface area contributed by atoms with Crippen LogP contribution in [0.3, 0.4) is 0 Å². The molecule has 1 fully saturated rings. The van der Waals surface area contributed by atoms with Crippen LogP contribution < -0.4 is 0 Å². The van der Waals surface area contributed by atoms with E-state index in [2.05, 4.69) is 26.0 Å². The second-order valence-electron chi connectivity index (χ2n) is 4.44. The molecule has 0 N–H and O–H groups in total. The molecular weight excluding hydrogens is 156 g/mol. The van der Waals surface area contributed by atoms with E-state index in [0.717, 1.165) is 11.8 Å². The minimum absolute atomic E-state index is 1.04. The molecule has 0 nitrogen and oxygen atoms in total. The molecule has 1 aliphatic rings. The lowest BCUT2D eigenvalue weighted by molar-refractivity contribution is 0.259. The van der Waals surface area contributed by atoms with E-state index >= 15 is 0 Å². The van der Waals surface area contributed by atoms with Crippen molar-refractivity contribution in [1.29, 1.82) is 0 Å². The zero-order valence-corrected chi connectivity index (χ0v) is 9.26. The van der Waals surface area contributed by atoms with Gasteiger partial charge in [-0.05, 0) is 31.6 Å². The third-order valence-corrected chi connectivity index (χ3v) is 3.52. The predicted molar refractivity (Wildman–Crippen MR) is 59.8 cm³/mol. The van der Waals surface area contributed by atoms with Crippen molar-refractivity contribution in [3.05, 3.63) is 12.2 Å². The molecule has 1 aliphatic carbocycles. The van der Waals surface area contributed by atoms with Crippen molar-refractivity contribution in [2.75, 3.05) is 0 Å². The smallest absolute Gasteiger partial charge is 0.0348 e. The topological polar surface area (TPSA) is 0 Å². The van der Waals surface area contributed by atoms with E-state index in [0.29, 0.717) is 0 Å². The summed E-state index contributed by atoms with van der Waals surface area (Å²) in [6.07, 6.45) is 14.6. The summed E-state index contributed by atoms with van der Waals surface area (Å²) in [6.45, 7) is 4.46. The Balaban J connectivity index is 2.10. The van der Waals surface area contributed by atoms with E-state index in [1.807, 2.05) is 0 Å². The van der Waals surface area contributed by atoms with Gasteiger partial charge in [-0.25, -0.2) is 0 Å². The summed E-state index contributed by atoms with van der Waals surface area (Å²) in [5, 5.41) is 0. The van der Waals surface area contributed by atoms with Crippen molar-refractivity contribution < 1.29 is 0 Å². The number of rotatable bonds is 4. The van der Waals surface area contributed by atoms with Gasteiger partial charge in [0.15, 0.2) is 0 Å². The van der Waals surface area contributed by atoms with Gasteiger partial charge in [-0.2, -0.15) is 0 Å². The van der Waals surface area contributed by atoms with Crippen molar-refractivity contribution in [3.63, 3.8) is 0 Å². The minimum atomic E-state index is 1.04. The average molecular weight is 180 g/mol. The van der Waals surface area contributed by atoms with Crippen molar-refractivity contribution in [2.24, 2.45) is 11.8 Å². The van der Waals surface area contributed by atoms with Crippen LogP contribution in [0.4, 0.5) is 0 Å². The van der Waals surface area contributed by atoms with Crippen LogP contribution in [0.15, 0.2) is 12.2 Å². The third-order valence-electron chi connectivity index (χ3n) is 3.52. The van der Waals surface area contributed by atoms with Gasteiger partial charge in [-0.15, -0.1) is 0 Å². The summed E-state index contributed by atoms with van der Waals surface area (Å²) >= 11 is 0. The lowest BCUT2D eigenvalue weighted by Crippen LogP contribution is -2.13. The molecule has 0 unspecified atom stereocenters. The van der Waals surface area contributed by atoms with E-state index in [9.17, 15) is 0 Å². The summed E-state index contributed by atoms with van der Waals surface area (Å²) in [6, 6.07) is 0. The zero-order chi connectivity index (χ0) is 9.52. The Labute approximate surface area is 83.4 Å². The highest BCUT2D eigenvalue weighted by atomic mass is 14.2. The lowest BCUT2D eigenvalue weighted by atomic mass is 9.79. The molecule has 0 radical (unpaired) electrons. The lowest BCUT2D eigenvalue weighted by Gasteiger charge is -2.27. The number of hydrogen-bond acceptors (Lipinski definition) is 0. The van der Waals surface area contributed by atoms with Gasteiger partial charge in [0.25, 0.3) is 0 Å². The van der Waals surface area contributed by atoms with Crippen molar-refractivity contribution in [1.82, 2.24) is 0 Å². The summed E-state index contributed by atoms with van der Waals surface area (Å²) in [7, 11) is 0. The van der Waals surface area contributed by atoms with E-state index < -0.39 is 0 Å². The molecule has 0 aromatic carbocycles. The van der Waals surface area contributed by atoms with Crippen LogP contribution >= 0.6 is 0 Å². The quantitative estimate of drug-likeness (QED) is 0.556. The molecule has 0 saturated heterocycles. The Morgan fingerprint density at radius 3 is 2.23 bits per heavy atom. The summed E-state index contributed by atoms with van der Waals surface area (Å²) < 4.78 is 0. The van der Waals surface area contributed by atoms with Crippen LogP contribution in [0.1, 0.15) is 58.8 Å². The SMILES string of the molecule is C/C=C/CCC1CCC(CC)CC1. The van der Waals surface area contributed by atoms with Crippen LogP contribution in [0, 0.1) is 11.8 Å². The second kappa shape index (κ2) is 6.23. The van der Waals surface area contributed by atoms with Gasteiger partial charge in [0.2, 0.25) is 0 Å². The Bertz CT molecular complexity index is 138. The fourth-order valence-corrected chi connectivity index (χ4v) is 2.43. The summed E-state index contributed by atoms with van der Waals surface area (Å²) in [5.41, 5.74) is 0. The van der Waals surface area contributed by atoms with E-state index in [-0.39, 0.29) is 0 Å². The Hall–Kier alpha value is -0.260. The Kier molecular flexibility index (Phi) is 5.19. The fraction of sp³-hybridized carbons (Fsp3) is 0.846. The number of allylic oxidation sites excluding steroid dienone is 2. The first-order chi connectivity index (χ1) is 6.36. The highest BCUT2D eigenvalue weighted by Gasteiger charge is 2.18. The molecule has 0 heteroatoms. The van der Waals surface area contributed by atoms with Crippen LogP contribution in [0.25, 0.3) is 0 Å². The third kappa shape index (κ3) is 3.97. The van der Waals surface area contributed by atoms with Crippen molar-refractivity contribution in [2.45, 2.75) is 58.8 Å². The van der Waals surface area contributed by atoms with E-state index in [1.165, 1.54) is 44.9 Å². The maximum atomic E-state index is 2.34. The first-order valence-corrected chi connectivity index (χ1v) is 5.98. The maximum Gasteiger partial charge on any atom is -0.0348 e. The number of hydrogen-bond donors (Lipinski definition) is 0. The molecule has 0 heterocycles. The minimum Gasteiger partial charge on any atom is -0.0917 e. The molecule has 0 aromatic rings. The van der Waals surface area contributed by atoms with Crippen LogP contribution in [-0.2, 0) is 0 Å². The van der Waals surface area contributed by atoms with Gasteiger partial charge < -0.3 is 0 Å². The molecule has 0 atom stereocenters. The molecule has 1 saturated carbocycles. The molecule has 0 bridgehead atoms. The summed E-state index contributed by atoms with van der Waals surface area (Å²) in [4.78, 5) is 0. The van der Waals surface area contributed by atoms with Crippen LogP contribution in [0.5, 0.6) is 0 Å². The first kappa shape index (κ1) is 10.8. The fourth-order valence-electron chi connectivity index (χ4n) is 2.43. The zero-order valence-electron chi connectivity index (χ0n) is 9.26. The average Bonchev–Trinajstić information content (AvgIpc) is 2.19. The molecule has 0 amide bonds. The van der Waals surface area contributed by atoms with E-state index in [1.54, 1.807) is 0 Å². The molecule has 1 rings (SSSR count). The van der Waals surface area contributed by atoms with Gasteiger partial charge >= 0.3 is 0 Å². The molecule has 0 aliphatic heterocycles. The van der Waals surface area contributed by atoms with Crippen LogP contribution in [-0.4, -0.2) is 0 Å². The highest BCUT2D eigenvalue weighted by Crippen LogP contribution is 2.32. The van der Waals surface area contributed by atoms with Gasteiger partial charge in [-0.1, -0.05) is 51.2 Å². The summed E-state index contributed by atoms with van der Waals surface area (Å²) in [5.74, 6) is 2.09. The molecular formula is C13H24. The normalized spacial score (nSPS) is 29.7. The van der Waals surface area contributed by atoms with Crippen molar-refractivity contribution >= 4 is 0 Å². The van der Waals surface area contributed by atoms with Gasteiger partial charge in [0.05, 0.1) is 0 Å². The Morgan fingerprint density at radius 2 is 1.69 bits per heavy atom. The van der Waals surface area contributed by atoms with E-state index in [4.69, 9.17) is 0 Å². The monoisotopic (exact) mass is 180 g/mol. The highest BCUT2D eigenvalue weighted by molar-refractivity contribution is 4.79. The largest absolute Gasteiger partial charge is 0.0917 e. The van der Waals surface area contributed by atoms with Crippen molar-refractivity contribution in [3.8, 4) is 0 Å². The predicted octanol–water partition coefficient (Wildman–Crippen LogP) is 4.56. The second-order valence-corrected chi connectivity index (χ2v) is 4.44. The van der Waals surface area contributed by atoms with Crippen LogP contribution in [0.2, 0.25) is 0 Å². The molecule has 0 spiro atoms. The van der Waals surface area contributed by atoms with Gasteiger partial charge in [-0.3, -0.25) is 0 Å². The standard InChI is InChI=1S/C13H24/c1-3-5-6-7-13-10-8-12(4-2)9-11-13/h3,5,12-13H,4,6-11H2,1-2H3/b5-3+. The molecule has 76 valence electrons.